The van der Waals surface area contributed by atoms with Gasteiger partial charge in [0.2, 0.25) is 11.8 Å². The van der Waals surface area contributed by atoms with E-state index < -0.39 is 11.6 Å². The summed E-state index contributed by atoms with van der Waals surface area (Å²) in [5.74, 6) is 2.49. The quantitative estimate of drug-likeness (QED) is 0.0711. The first-order chi connectivity index (χ1) is 39.2. The van der Waals surface area contributed by atoms with Crippen LogP contribution < -0.4 is 20.4 Å². The maximum absolute atomic E-state index is 17.0. The summed E-state index contributed by atoms with van der Waals surface area (Å²) in [6.45, 7) is 22.9. The molecule has 12 nitrogen and oxygen atoms in total. The van der Waals surface area contributed by atoms with Crippen LogP contribution in [0.25, 0.3) is 22.1 Å². The van der Waals surface area contributed by atoms with Crippen molar-refractivity contribution in [1.29, 1.82) is 0 Å². The van der Waals surface area contributed by atoms with Gasteiger partial charge in [0, 0.05) is 55.1 Å². The third-order valence-corrected chi connectivity index (χ3v) is 19.9. The molecule has 428 valence electrons. The Morgan fingerprint density at radius 2 is 1.07 bits per heavy atom. The van der Waals surface area contributed by atoms with E-state index in [-0.39, 0.29) is 65.6 Å². The van der Waals surface area contributed by atoms with Gasteiger partial charge in [-0.15, -0.1) is 0 Å². The molecule has 2 aromatic heterocycles. The predicted octanol–water partition coefficient (Wildman–Crippen LogP) is 14.1. The lowest BCUT2D eigenvalue weighted by Gasteiger charge is -2.38. The van der Waals surface area contributed by atoms with Gasteiger partial charge in [-0.1, -0.05) is 110 Å². The standard InChI is InChI=1S/C67H84F2N10O2/c1-9-61(80)74-63(38(3)4)40(7)77-55-20-14-18-44(55)34-59(77)66-70-51-24-22-46(32-53(51)72-66)57-26-27-58(79(57)48-36-49(68)65(50(69)37-48)76-30-28-43(29-31-76)42-16-12-11-13-17-42)47-23-25-52-54(33-47)73-67(71-52)60-35-45-19-15-21-56(45)78(60)41(8)64(39(5)6)75-62(81)10-2/h11-13,16-17,22-25,32-33,36-39,43-45,55-60,63-64H,7-10,14-15,18-21,26-31,34-35H2,1-6H3,(H,70,72)(H,71,73)(H,74,80)(H,75,81)/t44-,45-,55-,56-,57+,58+,59-,60-,63-,64-/m0/s1. The van der Waals surface area contributed by atoms with E-state index in [2.05, 4.69) is 124 Å². The van der Waals surface area contributed by atoms with Crippen molar-refractivity contribution < 1.29 is 18.4 Å². The molecule has 10 atom stereocenters. The molecule has 4 N–H and O–H groups in total. The molecule has 0 radical (unpaired) electrons. The van der Waals surface area contributed by atoms with E-state index in [1.165, 1.54) is 31.2 Å². The number of aromatic nitrogens is 4. The molecular weight excluding hydrogens is 1010 g/mol. The summed E-state index contributed by atoms with van der Waals surface area (Å²) in [5.41, 5.74) is 9.39. The molecule has 4 aromatic carbocycles. The number of halogens is 2. The number of hydrogen-bond donors (Lipinski definition) is 4. The lowest BCUT2D eigenvalue weighted by Crippen LogP contribution is -2.46. The van der Waals surface area contributed by atoms with Gasteiger partial charge < -0.3 is 40.2 Å². The fourth-order valence-corrected chi connectivity index (χ4v) is 15.8. The molecule has 12 rings (SSSR count). The van der Waals surface area contributed by atoms with Gasteiger partial charge in [-0.3, -0.25) is 9.59 Å². The lowest BCUT2D eigenvalue weighted by molar-refractivity contribution is -0.122. The summed E-state index contributed by atoms with van der Waals surface area (Å²) < 4.78 is 34.1. The molecule has 81 heavy (non-hydrogen) atoms. The predicted molar refractivity (Wildman–Crippen MR) is 319 cm³/mol. The number of benzene rings is 4. The number of likely N-dealkylation sites (tertiary alicyclic amines) is 2. The fourth-order valence-electron chi connectivity index (χ4n) is 15.8. The second-order valence-corrected chi connectivity index (χ2v) is 25.3. The molecule has 14 heteroatoms. The number of aromatic amines is 2. The zero-order valence-corrected chi connectivity index (χ0v) is 48.5. The number of fused-ring (bicyclic) bond motifs is 4. The fraction of sp³-hybridized carbons (Fsp3) is 0.522. The van der Waals surface area contributed by atoms with E-state index in [1.54, 1.807) is 12.1 Å². The second kappa shape index (κ2) is 22.6. The number of rotatable bonds is 17. The number of piperidine rings is 1. The number of carbonyl (C=O) groups excluding carboxylic acids is 2. The number of nitrogens with zero attached hydrogens (tertiary/aromatic N) is 6. The Kier molecular flexibility index (Phi) is 15.3. The minimum Gasteiger partial charge on any atom is -0.367 e. The number of H-pyrrole nitrogens is 2. The highest BCUT2D eigenvalue weighted by Gasteiger charge is 2.49. The van der Waals surface area contributed by atoms with E-state index in [4.69, 9.17) is 23.1 Å². The third kappa shape index (κ3) is 10.3. The normalized spacial score (nSPS) is 25.6. The Hall–Kier alpha value is -6.70. The molecule has 4 aliphatic heterocycles. The highest BCUT2D eigenvalue weighted by molar-refractivity contribution is 5.79. The van der Waals surface area contributed by atoms with Crippen molar-refractivity contribution in [3.8, 4) is 0 Å². The van der Waals surface area contributed by atoms with Gasteiger partial charge in [0.15, 0.2) is 11.6 Å². The average molecular weight is 1100 g/mol. The number of hydrogen-bond acceptors (Lipinski definition) is 8. The SMILES string of the molecule is C=C([C@@H](NC(=O)CC)C(C)C)N1[C@H](c2nc3cc([C@H]4CC[C@H](c5ccc6[nH]c([C@@H]7C[C@@H]8CCC[C@@H]8N7C(=C)[C@@H](NC(=O)CC)C(C)C)nc6c5)N4c4cc(F)c(N5CCC(c6ccccc6)CC5)c(F)c4)ccc3[nH]2)C[C@@H]2CCC[C@@H]21. The average Bonchev–Trinajstić information content (AvgIpc) is 4.36. The Morgan fingerprint density at radius 3 is 1.52 bits per heavy atom. The Labute approximate surface area is 477 Å². The smallest absolute Gasteiger partial charge is 0.220 e. The second-order valence-electron chi connectivity index (χ2n) is 25.3. The Morgan fingerprint density at radius 1 is 0.605 bits per heavy atom. The highest BCUT2D eigenvalue weighted by atomic mass is 19.1. The van der Waals surface area contributed by atoms with Crippen molar-refractivity contribution in [2.45, 2.75) is 186 Å². The summed E-state index contributed by atoms with van der Waals surface area (Å²) in [5, 5.41) is 6.57. The van der Waals surface area contributed by atoms with E-state index >= 15 is 8.78 Å². The third-order valence-electron chi connectivity index (χ3n) is 19.9. The van der Waals surface area contributed by atoms with Crippen LogP contribution in [0.5, 0.6) is 0 Å². The Balaban J connectivity index is 0.877. The zero-order chi connectivity index (χ0) is 56.4. The van der Waals surface area contributed by atoms with Crippen LogP contribution in [0.4, 0.5) is 20.2 Å². The summed E-state index contributed by atoms with van der Waals surface area (Å²) >= 11 is 0. The molecule has 6 fully saturated rings. The van der Waals surface area contributed by atoms with Crippen molar-refractivity contribution in [3.05, 3.63) is 143 Å². The first-order valence-electron chi connectivity index (χ1n) is 30.8. The van der Waals surface area contributed by atoms with E-state index in [0.29, 0.717) is 61.5 Å². The molecule has 0 bridgehead atoms. The minimum atomic E-state index is -0.546. The molecule has 2 aliphatic carbocycles. The van der Waals surface area contributed by atoms with Crippen LogP contribution in [0.2, 0.25) is 0 Å². The van der Waals surface area contributed by atoms with Gasteiger partial charge in [0.1, 0.15) is 17.3 Å². The molecule has 2 saturated carbocycles. The van der Waals surface area contributed by atoms with E-state index in [1.807, 2.05) is 24.8 Å². The van der Waals surface area contributed by atoms with Crippen LogP contribution in [0, 0.1) is 35.3 Å². The van der Waals surface area contributed by atoms with E-state index in [9.17, 15) is 9.59 Å². The molecule has 2 amide bonds. The highest BCUT2D eigenvalue weighted by Crippen LogP contribution is 2.53. The van der Waals surface area contributed by atoms with Crippen LogP contribution in [0.1, 0.15) is 190 Å². The van der Waals surface area contributed by atoms with E-state index in [0.717, 1.165) is 108 Å². The van der Waals surface area contributed by atoms with Crippen LogP contribution in [0.15, 0.2) is 103 Å². The number of nitrogens with one attached hydrogen (secondary N) is 4. The first kappa shape index (κ1) is 54.9. The van der Waals surface area contributed by atoms with Crippen molar-refractivity contribution >= 4 is 45.3 Å². The van der Waals surface area contributed by atoms with Gasteiger partial charge in [0.05, 0.1) is 58.3 Å². The number of amides is 2. The lowest BCUT2D eigenvalue weighted by atomic mass is 9.89. The van der Waals surface area contributed by atoms with Crippen LogP contribution in [0.3, 0.4) is 0 Å². The van der Waals surface area contributed by atoms with Crippen molar-refractivity contribution in [1.82, 2.24) is 40.4 Å². The molecule has 6 heterocycles. The summed E-state index contributed by atoms with van der Waals surface area (Å²) in [6.07, 6.45) is 12.8. The molecule has 0 spiro atoms. The summed E-state index contributed by atoms with van der Waals surface area (Å²) in [6, 6.07) is 26.4. The summed E-state index contributed by atoms with van der Waals surface area (Å²) in [4.78, 5) is 53.0. The molecule has 4 saturated heterocycles. The van der Waals surface area contributed by atoms with Gasteiger partial charge >= 0.3 is 0 Å². The molecular formula is C67H84F2N10O2. The number of imidazole rings is 2. The monoisotopic (exact) mass is 1100 g/mol. The van der Waals surface area contributed by atoms with Crippen LogP contribution >= 0.6 is 0 Å². The first-order valence-corrected chi connectivity index (χ1v) is 30.8. The topological polar surface area (TPSA) is 129 Å². The van der Waals surface area contributed by atoms with Crippen molar-refractivity contribution in [2.75, 3.05) is 22.9 Å². The van der Waals surface area contributed by atoms with Gasteiger partial charge in [-0.2, -0.15) is 0 Å². The Bertz CT molecular complexity index is 3120. The summed E-state index contributed by atoms with van der Waals surface area (Å²) in [7, 11) is 0. The maximum Gasteiger partial charge on any atom is 0.220 e. The number of carbonyl (C=O) groups is 2. The largest absolute Gasteiger partial charge is 0.367 e. The number of anilines is 2. The minimum absolute atomic E-state index is 0.0116. The zero-order valence-electron chi connectivity index (χ0n) is 48.5. The molecule has 6 aromatic rings. The van der Waals surface area contributed by atoms with Crippen LogP contribution in [-0.2, 0) is 9.59 Å². The maximum atomic E-state index is 17.0. The van der Waals surface area contributed by atoms with Crippen LogP contribution in [-0.4, -0.2) is 78.8 Å². The van der Waals surface area contributed by atoms with Gasteiger partial charge in [0.25, 0.3) is 0 Å². The van der Waals surface area contributed by atoms with Gasteiger partial charge in [-0.25, -0.2) is 18.7 Å². The molecule has 6 aliphatic rings. The van der Waals surface area contributed by atoms with Crippen molar-refractivity contribution in [2.24, 2.45) is 23.7 Å². The molecule has 0 unspecified atom stereocenters. The van der Waals surface area contributed by atoms with Crippen molar-refractivity contribution in [3.63, 3.8) is 0 Å². The van der Waals surface area contributed by atoms with Gasteiger partial charge in [-0.05, 0) is 147 Å².